The molecule has 1 aliphatic rings. The van der Waals surface area contributed by atoms with Crippen LogP contribution in [0, 0.1) is 28.6 Å². The molecule has 1 rings (SSSR count). The summed E-state index contributed by atoms with van der Waals surface area (Å²) in [6.45, 7) is 6.39. The number of hydrogen-bond acceptors (Lipinski definition) is 2. The molecule has 0 N–H and O–H groups in total. The third-order valence-corrected chi connectivity index (χ3v) is 1.89. The maximum atomic E-state index is 8.68. The van der Waals surface area contributed by atoms with Gasteiger partial charge < -0.3 is 0 Å². The van der Waals surface area contributed by atoms with Gasteiger partial charge in [-0.2, -0.15) is 5.26 Å². The fraction of sp³-hybridized carbons (Fsp3) is 0.667. The van der Waals surface area contributed by atoms with E-state index < -0.39 is 0 Å². The molecular formula is C9H12N2. The summed E-state index contributed by atoms with van der Waals surface area (Å²) in [7, 11) is 0. The lowest BCUT2D eigenvalue weighted by atomic mass is 9.84. The standard InChI is InChI=1S/C9H12N2/c1-3-4-5-11-7-9(2,6-10)8-11/h5,7-8H2,1-2H3. The first-order chi connectivity index (χ1) is 5.20. The number of likely N-dealkylation sites (tertiary alicyclic amines) is 1. The molecule has 0 aliphatic carbocycles. The summed E-state index contributed by atoms with van der Waals surface area (Å²) in [4.78, 5) is 2.18. The van der Waals surface area contributed by atoms with E-state index in [9.17, 15) is 0 Å². The maximum absolute atomic E-state index is 8.68. The van der Waals surface area contributed by atoms with Gasteiger partial charge >= 0.3 is 0 Å². The lowest BCUT2D eigenvalue weighted by Crippen LogP contribution is -2.53. The lowest BCUT2D eigenvalue weighted by molar-refractivity contribution is 0.0754. The van der Waals surface area contributed by atoms with E-state index in [0.717, 1.165) is 19.6 Å². The minimum Gasteiger partial charge on any atom is -0.289 e. The summed E-state index contributed by atoms with van der Waals surface area (Å²) in [6.07, 6.45) is 0. The second-order valence-corrected chi connectivity index (χ2v) is 3.24. The van der Waals surface area contributed by atoms with Crippen molar-refractivity contribution in [3.05, 3.63) is 0 Å². The van der Waals surface area contributed by atoms with Crippen LogP contribution < -0.4 is 0 Å². The highest BCUT2D eigenvalue weighted by atomic mass is 15.2. The van der Waals surface area contributed by atoms with Crippen molar-refractivity contribution in [1.29, 1.82) is 5.26 Å². The summed E-state index contributed by atoms with van der Waals surface area (Å²) < 4.78 is 0. The Morgan fingerprint density at radius 1 is 1.55 bits per heavy atom. The van der Waals surface area contributed by atoms with Crippen LogP contribution in [0.5, 0.6) is 0 Å². The van der Waals surface area contributed by atoms with Gasteiger partial charge in [-0.15, -0.1) is 5.92 Å². The SMILES string of the molecule is CC#CCN1CC(C)(C#N)C1. The molecule has 1 heterocycles. The molecule has 0 aromatic heterocycles. The number of hydrogen-bond donors (Lipinski definition) is 0. The van der Waals surface area contributed by atoms with Crippen molar-refractivity contribution in [1.82, 2.24) is 4.90 Å². The molecule has 0 atom stereocenters. The topological polar surface area (TPSA) is 27.0 Å². The Bertz CT molecular complexity index is 233. The van der Waals surface area contributed by atoms with Crippen LogP contribution in [0.25, 0.3) is 0 Å². The number of nitrogens with zero attached hydrogens (tertiary/aromatic N) is 2. The molecule has 0 unspecified atom stereocenters. The second-order valence-electron chi connectivity index (χ2n) is 3.24. The smallest absolute Gasteiger partial charge is 0.0799 e. The molecule has 1 fully saturated rings. The van der Waals surface area contributed by atoms with Crippen molar-refractivity contribution >= 4 is 0 Å². The molecule has 11 heavy (non-hydrogen) atoms. The minimum absolute atomic E-state index is 0.102. The van der Waals surface area contributed by atoms with Gasteiger partial charge in [0.25, 0.3) is 0 Å². The average Bonchev–Trinajstić information content (AvgIpc) is 1.96. The first-order valence-electron chi connectivity index (χ1n) is 3.73. The molecule has 0 aromatic carbocycles. The molecule has 0 spiro atoms. The van der Waals surface area contributed by atoms with Crippen molar-refractivity contribution in [2.45, 2.75) is 13.8 Å². The lowest BCUT2D eigenvalue weighted by Gasteiger charge is -2.42. The van der Waals surface area contributed by atoms with Crippen LogP contribution in [0.4, 0.5) is 0 Å². The van der Waals surface area contributed by atoms with Crippen LogP contribution >= 0.6 is 0 Å². The van der Waals surface area contributed by atoms with Crippen molar-refractivity contribution in [3.8, 4) is 17.9 Å². The van der Waals surface area contributed by atoms with Gasteiger partial charge in [0.15, 0.2) is 0 Å². The van der Waals surface area contributed by atoms with E-state index in [1.165, 1.54) is 0 Å². The zero-order valence-electron chi connectivity index (χ0n) is 7.02. The molecule has 0 saturated carbocycles. The summed E-state index contributed by atoms with van der Waals surface area (Å²) >= 11 is 0. The van der Waals surface area contributed by atoms with Crippen LogP contribution in [0.1, 0.15) is 13.8 Å². The Morgan fingerprint density at radius 2 is 2.18 bits per heavy atom. The highest BCUT2D eigenvalue weighted by molar-refractivity contribution is 5.09. The molecule has 2 nitrogen and oxygen atoms in total. The average molecular weight is 148 g/mol. The van der Waals surface area contributed by atoms with E-state index in [4.69, 9.17) is 5.26 Å². The zero-order chi connectivity index (χ0) is 8.32. The van der Waals surface area contributed by atoms with Crippen LogP contribution in [0.3, 0.4) is 0 Å². The molecule has 0 amide bonds. The van der Waals surface area contributed by atoms with E-state index in [1.54, 1.807) is 0 Å². The maximum Gasteiger partial charge on any atom is 0.0799 e. The van der Waals surface area contributed by atoms with Crippen LogP contribution in [0.2, 0.25) is 0 Å². The van der Waals surface area contributed by atoms with Crippen LogP contribution in [-0.2, 0) is 0 Å². The van der Waals surface area contributed by atoms with Gasteiger partial charge in [-0.1, -0.05) is 5.92 Å². The summed E-state index contributed by atoms with van der Waals surface area (Å²) in [6, 6.07) is 2.29. The van der Waals surface area contributed by atoms with Gasteiger partial charge in [0.05, 0.1) is 18.0 Å². The normalized spacial score (nSPS) is 20.8. The molecule has 2 heteroatoms. The Balaban J connectivity index is 2.29. The molecule has 0 bridgehead atoms. The minimum atomic E-state index is -0.102. The van der Waals surface area contributed by atoms with E-state index in [1.807, 2.05) is 13.8 Å². The fourth-order valence-electron chi connectivity index (χ4n) is 1.31. The monoisotopic (exact) mass is 148 g/mol. The summed E-state index contributed by atoms with van der Waals surface area (Å²) in [5, 5.41) is 8.68. The van der Waals surface area contributed by atoms with Gasteiger partial charge in [-0.3, -0.25) is 4.90 Å². The molecule has 1 saturated heterocycles. The highest BCUT2D eigenvalue weighted by Crippen LogP contribution is 2.27. The van der Waals surface area contributed by atoms with Crippen LogP contribution in [-0.4, -0.2) is 24.5 Å². The van der Waals surface area contributed by atoms with Crippen molar-refractivity contribution in [3.63, 3.8) is 0 Å². The predicted molar refractivity (Wildman–Crippen MR) is 43.6 cm³/mol. The third-order valence-electron chi connectivity index (χ3n) is 1.89. The summed E-state index contributed by atoms with van der Waals surface area (Å²) in [5.41, 5.74) is -0.102. The fourth-order valence-corrected chi connectivity index (χ4v) is 1.31. The molecule has 0 radical (unpaired) electrons. The van der Waals surface area contributed by atoms with Gasteiger partial charge in [0, 0.05) is 13.1 Å². The zero-order valence-corrected chi connectivity index (χ0v) is 7.02. The quantitative estimate of drug-likeness (QED) is 0.515. The van der Waals surface area contributed by atoms with Gasteiger partial charge in [-0.25, -0.2) is 0 Å². The largest absolute Gasteiger partial charge is 0.289 e. The first kappa shape index (κ1) is 8.11. The van der Waals surface area contributed by atoms with Crippen LogP contribution in [0.15, 0.2) is 0 Å². The Labute approximate surface area is 67.8 Å². The van der Waals surface area contributed by atoms with Crippen molar-refractivity contribution in [2.75, 3.05) is 19.6 Å². The highest BCUT2D eigenvalue weighted by Gasteiger charge is 2.37. The predicted octanol–water partition coefficient (Wildman–Crippen LogP) is 0.855. The first-order valence-corrected chi connectivity index (χ1v) is 3.73. The Kier molecular flexibility index (Phi) is 2.17. The number of rotatable bonds is 1. The molecule has 58 valence electrons. The summed E-state index contributed by atoms with van der Waals surface area (Å²) in [5.74, 6) is 5.82. The Morgan fingerprint density at radius 3 is 2.64 bits per heavy atom. The van der Waals surface area contributed by atoms with E-state index in [-0.39, 0.29) is 5.41 Å². The van der Waals surface area contributed by atoms with Gasteiger partial charge in [-0.05, 0) is 13.8 Å². The molecule has 1 aliphatic heterocycles. The van der Waals surface area contributed by atoms with E-state index in [0.29, 0.717) is 0 Å². The molecular weight excluding hydrogens is 136 g/mol. The van der Waals surface area contributed by atoms with Crippen molar-refractivity contribution in [2.24, 2.45) is 5.41 Å². The van der Waals surface area contributed by atoms with Crippen molar-refractivity contribution < 1.29 is 0 Å². The van der Waals surface area contributed by atoms with Gasteiger partial charge in [0.1, 0.15) is 0 Å². The second kappa shape index (κ2) is 2.95. The van der Waals surface area contributed by atoms with Gasteiger partial charge in [0.2, 0.25) is 0 Å². The third kappa shape index (κ3) is 1.73. The van der Waals surface area contributed by atoms with E-state index >= 15 is 0 Å². The van der Waals surface area contributed by atoms with E-state index in [2.05, 4.69) is 22.8 Å². The Hall–Kier alpha value is -0.990. The molecule has 0 aromatic rings. The number of nitriles is 1.